The van der Waals surface area contributed by atoms with Gasteiger partial charge >= 0.3 is 0 Å². The molecule has 2 aromatic rings. The van der Waals surface area contributed by atoms with Crippen LogP contribution in [0.4, 0.5) is 11.8 Å². The number of anilines is 2. The van der Waals surface area contributed by atoms with Gasteiger partial charge in [-0.3, -0.25) is 4.79 Å². The van der Waals surface area contributed by atoms with Crippen LogP contribution >= 0.6 is 0 Å². The zero-order chi connectivity index (χ0) is 22.0. The molecule has 170 valence electrons. The summed E-state index contributed by atoms with van der Waals surface area (Å²) in [5, 5.41) is 0.728. The molecule has 3 heterocycles. The van der Waals surface area contributed by atoms with Crippen molar-refractivity contribution in [2.24, 2.45) is 17.3 Å². The maximum Gasteiger partial charge on any atom is 0.231 e. The van der Waals surface area contributed by atoms with Crippen LogP contribution in [-0.2, 0) is 9.53 Å². The van der Waals surface area contributed by atoms with E-state index in [2.05, 4.69) is 9.88 Å². The smallest absolute Gasteiger partial charge is 0.231 e. The van der Waals surface area contributed by atoms with E-state index in [0.717, 1.165) is 24.6 Å². The van der Waals surface area contributed by atoms with Crippen LogP contribution in [0.25, 0.3) is 10.9 Å². The van der Waals surface area contributed by atoms with Crippen molar-refractivity contribution in [3.8, 4) is 11.5 Å². The standard InChI is InChI=1S/C23H29N5O4/c1-30-18-9-14-16(10-19(18)31-2)25-22(26-20(14)24)28-5-3-27(4-6-28)21(29)23-11-13-7-15(23)17(8-13)32-12-23/h9-10,13,15,17H,3-8,11-12H2,1-2H3,(H2,24,25,26). The van der Waals surface area contributed by atoms with Crippen LogP contribution in [0, 0.1) is 17.3 Å². The SMILES string of the molecule is COc1cc2nc(N3CCN(C(=O)C45COC6CC(CC64)C5)CC3)nc(N)c2cc1OC. The molecule has 0 radical (unpaired) electrons. The second kappa shape index (κ2) is 7.10. The first-order valence-electron chi connectivity index (χ1n) is 11.4. The van der Waals surface area contributed by atoms with Gasteiger partial charge in [-0.05, 0) is 31.2 Å². The summed E-state index contributed by atoms with van der Waals surface area (Å²) in [4.78, 5) is 26.9. The number of rotatable bonds is 4. The fourth-order valence-electron chi connectivity index (χ4n) is 6.46. The molecule has 4 fully saturated rings. The van der Waals surface area contributed by atoms with Crippen molar-refractivity contribution < 1.29 is 19.0 Å². The van der Waals surface area contributed by atoms with E-state index in [1.165, 1.54) is 0 Å². The highest BCUT2D eigenvalue weighted by molar-refractivity contribution is 5.92. The second-order valence-corrected chi connectivity index (χ2v) is 9.57. The first-order chi connectivity index (χ1) is 15.5. The number of nitrogen functional groups attached to an aromatic ring is 1. The molecule has 4 atom stereocenters. The average Bonchev–Trinajstić information content (AvgIpc) is 3.44. The number of amides is 1. The lowest BCUT2D eigenvalue weighted by Crippen LogP contribution is -2.55. The minimum Gasteiger partial charge on any atom is -0.493 e. The highest BCUT2D eigenvalue weighted by atomic mass is 16.5. The molecule has 6 rings (SSSR count). The third kappa shape index (κ3) is 2.76. The number of methoxy groups -OCH3 is 2. The summed E-state index contributed by atoms with van der Waals surface area (Å²) in [6.45, 7) is 3.29. The largest absolute Gasteiger partial charge is 0.493 e. The molecule has 0 spiro atoms. The maximum absolute atomic E-state index is 13.5. The summed E-state index contributed by atoms with van der Waals surface area (Å²) >= 11 is 0. The van der Waals surface area contributed by atoms with Crippen LogP contribution in [-0.4, -0.2) is 73.9 Å². The first kappa shape index (κ1) is 19.8. The second-order valence-electron chi connectivity index (χ2n) is 9.57. The Morgan fingerprint density at radius 2 is 1.88 bits per heavy atom. The molecule has 2 aliphatic heterocycles. The molecule has 2 saturated carbocycles. The molecule has 1 aromatic carbocycles. The third-order valence-corrected chi connectivity index (χ3v) is 8.01. The number of piperazine rings is 1. The van der Waals surface area contributed by atoms with Crippen molar-refractivity contribution in [3.05, 3.63) is 12.1 Å². The molecule has 1 aromatic heterocycles. The van der Waals surface area contributed by atoms with Crippen molar-refractivity contribution in [1.29, 1.82) is 0 Å². The van der Waals surface area contributed by atoms with E-state index in [1.807, 2.05) is 11.0 Å². The summed E-state index contributed by atoms with van der Waals surface area (Å²) in [6, 6.07) is 3.62. The van der Waals surface area contributed by atoms with Crippen molar-refractivity contribution >= 4 is 28.6 Å². The lowest BCUT2D eigenvalue weighted by molar-refractivity contribution is -0.144. The fraction of sp³-hybridized carbons (Fsp3) is 0.609. The molecule has 2 N–H and O–H groups in total. The van der Waals surface area contributed by atoms with Crippen molar-refractivity contribution in [1.82, 2.24) is 14.9 Å². The van der Waals surface area contributed by atoms with E-state index in [9.17, 15) is 4.79 Å². The van der Waals surface area contributed by atoms with Crippen LogP contribution in [0.1, 0.15) is 19.3 Å². The lowest BCUT2D eigenvalue weighted by atomic mass is 9.73. The molecule has 9 heteroatoms. The first-order valence-corrected chi connectivity index (χ1v) is 11.4. The number of carbonyl (C=O) groups excluding carboxylic acids is 1. The van der Waals surface area contributed by atoms with E-state index in [4.69, 9.17) is 24.9 Å². The minimum absolute atomic E-state index is 0.269. The third-order valence-electron chi connectivity index (χ3n) is 8.01. The lowest BCUT2D eigenvalue weighted by Gasteiger charge is -2.40. The van der Waals surface area contributed by atoms with Crippen LogP contribution in [0.15, 0.2) is 12.1 Å². The molecular weight excluding hydrogens is 410 g/mol. The summed E-state index contributed by atoms with van der Waals surface area (Å²) < 4.78 is 16.8. The van der Waals surface area contributed by atoms with Crippen molar-refractivity contribution in [2.45, 2.75) is 25.4 Å². The average molecular weight is 440 g/mol. The van der Waals surface area contributed by atoms with Gasteiger partial charge in [0, 0.05) is 43.5 Å². The van der Waals surface area contributed by atoms with Gasteiger partial charge in [0.05, 0.1) is 37.9 Å². The topological polar surface area (TPSA) is 103 Å². The van der Waals surface area contributed by atoms with Gasteiger partial charge in [0.1, 0.15) is 5.82 Å². The minimum atomic E-state index is -0.269. The molecule has 32 heavy (non-hydrogen) atoms. The molecule has 1 amide bonds. The van der Waals surface area contributed by atoms with Gasteiger partial charge in [-0.15, -0.1) is 0 Å². The van der Waals surface area contributed by atoms with Gasteiger partial charge in [0.25, 0.3) is 0 Å². The number of benzene rings is 1. The number of nitrogens with two attached hydrogens (primary N) is 1. The fourth-order valence-corrected chi connectivity index (χ4v) is 6.46. The predicted molar refractivity (Wildman–Crippen MR) is 119 cm³/mol. The summed E-state index contributed by atoms with van der Waals surface area (Å²) in [5.41, 5.74) is 6.70. The molecule has 2 aliphatic carbocycles. The molecule has 2 bridgehead atoms. The van der Waals surface area contributed by atoms with Gasteiger partial charge in [-0.1, -0.05) is 0 Å². The molecule has 2 saturated heterocycles. The van der Waals surface area contributed by atoms with Crippen molar-refractivity contribution in [2.75, 3.05) is 57.6 Å². The van der Waals surface area contributed by atoms with Crippen LogP contribution < -0.4 is 20.1 Å². The van der Waals surface area contributed by atoms with E-state index >= 15 is 0 Å². The van der Waals surface area contributed by atoms with Crippen LogP contribution in [0.2, 0.25) is 0 Å². The number of aromatic nitrogens is 2. The van der Waals surface area contributed by atoms with Crippen LogP contribution in [0.5, 0.6) is 11.5 Å². The van der Waals surface area contributed by atoms with Gasteiger partial charge in [0.2, 0.25) is 11.9 Å². The Labute approximate surface area is 186 Å². The van der Waals surface area contributed by atoms with Crippen molar-refractivity contribution in [3.63, 3.8) is 0 Å². The Hall–Kier alpha value is -2.81. The van der Waals surface area contributed by atoms with Gasteiger partial charge < -0.3 is 29.7 Å². The number of nitrogens with zero attached hydrogens (tertiary/aromatic N) is 4. The number of hydrogen-bond acceptors (Lipinski definition) is 8. The maximum atomic E-state index is 13.5. The highest BCUT2D eigenvalue weighted by Gasteiger charge is 2.65. The molecule has 9 nitrogen and oxygen atoms in total. The Balaban J connectivity index is 1.20. The highest BCUT2D eigenvalue weighted by Crippen LogP contribution is 2.61. The zero-order valence-corrected chi connectivity index (χ0v) is 18.5. The van der Waals surface area contributed by atoms with E-state index < -0.39 is 0 Å². The van der Waals surface area contributed by atoms with Crippen LogP contribution in [0.3, 0.4) is 0 Å². The monoisotopic (exact) mass is 439 g/mol. The van der Waals surface area contributed by atoms with Gasteiger partial charge in [-0.25, -0.2) is 4.98 Å². The molecule has 4 aliphatic rings. The molecule has 4 unspecified atom stereocenters. The Morgan fingerprint density at radius 3 is 2.59 bits per heavy atom. The van der Waals surface area contributed by atoms with Gasteiger partial charge in [0.15, 0.2) is 11.5 Å². The summed E-state index contributed by atoms with van der Waals surface area (Å²) in [7, 11) is 3.18. The number of fused-ring (bicyclic) bond motifs is 2. The van der Waals surface area contributed by atoms with E-state index in [-0.39, 0.29) is 5.41 Å². The number of ether oxygens (including phenoxy) is 3. The Morgan fingerprint density at radius 1 is 1.12 bits per heavy atom. The normalized spacial score (nSPS) is 30.9. The summed E-state index contributed by atoms with van der Waals surface area (Å²) in [5.74, 6) is 3.56. The number of carbonyl (C=O) groups is 1. The number of hydrogen-bond donors (Lipinski definition) is 1. The predicted octanol–water partition coefficient (Wildman–Crippen LogP) is 1.69. The molecular formula is C23H29N5O4. The summed E-state index contributed by atoms with van der Waals surface area (Å²) in [6.07, 6.45) is 3.62. The Bertz CT molecular complexity index is 1090. The van der Waals surface area contributed by atoms with E-state index in [1.54, 1.807) is 20.3 Å². The van der Waals surface area contributed by atoms with Gasteiger partial charge in [-0.2, -0.15) is 4.98 Å². The Kier molecular flexibility index (Phi) is 4.40. The zero-order valence-electron chi connectivity index (χ0n) is 18.5. The quantitative estimate of drug-likeness (QED) is 0.768. The van der Waals surface area contributed by atoms with E-state index in [0.29, 0.717) is 85.4 Å².